The summed E-state index contributed by atoms with van der Waals surface area (Å²) in [7, 11) is -3.93. The Balaban J connectivity index is 1.83. The second-order valence-corrected chi connectivity index (χ2v) is 10.4. The Morgan fingerprint density at radius 2 is 1.62 bits per heavy atom. The first-order valence-electron chi connectivity index (χ1n) is 10.9. The molecule has 34 heavy (non-hydrogen) atoms. The lowest BCUT2D eigenvalue weighted by Crippen LogP contribution is -2.41. The van der Waals surface area contributed by atoms with E-state index in [9.17, 15) is 13.2 Å². The van der Waals surface area contributed by atoms with E-state index < -0.39 is 15.9 Å². The third kappa shape index (κ3) is 6.53. The van der Waals surface area contributed by atoms with Gasteiger partial charge in [-0.25, -0.2) is 13.8 Å². The molecule has 1 amide bonds. The molecular weight excluding hydrogens is 470 g/mol. The molecule has 0 saturated heterocycles. The fourth-order valence-corrected chi connectivity index (χ4v) is 5.83. The van der Waals surface area contributed by atoms with Crippen LogP contribution in [-0.4, -0.2) is 37.9 Å². The van der Waals surface area contributed by atoms with Crippen molar-refractivity contribution in [3.63, 3.8) is 0 Å². The summed E-state index contributed by atoms with van der Waals surface area (Å²) in [6.45, 7) is 5.27. The van der Waals surface area contributed by atoms with Gasteiger partial charge >= 0.3 is 0 Å². The SMILES string of the molecule is Cc1cc(C)c(S(=O)(=O)N(CCc2ccccc2)CC(=O)N/N=C/c2ccccc2Cl)c(C)c1. The lowest BCUT2D eigenvalue weighted by atomic mass is 10.1. The lowest BCUT2D eigenvalue weighted by molar-refractivity contribution is -0.121. The Kier molecular flexibility index (Phi) is 8.61. The third-order valence-electron chi connectivity index (χ3n) is 5.31. The second-order valence-electron chi connectivity index (χ2n) is 8.12. The van der Waals surface area contributed by atoms with Crippen molar-refractivity contribution in [1.29, 1.82) is 0 Å². The van der Waals surface area contributed by atoms with Gasteiger partial charge in [-0.05, 0) is 49.9 Å². The zero-order valence-electron chi connectivity index (χ0n) is 19.5. The number of nitrogens with zero attached hydrogens (tertiary/aromatic N) is 2. The van der Waals surface area contributed by atoms with Crippen molar-refractivity contribution in [2.75, 3.05) is 13.1 Å². The first-order chi connectivity index (χ1) is 16.2. The Morgan fingerprint density at radius 3 is 2.26 bits per heavy atom. The highest BCUT2D eigenvalue weighted by Gasteiger charge is 2.29. The molecule has 3 rings (SSSR count). The molecule has 3 aromatic carbocycles. The highest BCUT2D eigenvalue weighted by atomic mass is 35.5. The molecule has 178 valence electrons. The van der Waals surface area contributed by atoms with E-state index >= 15 is 0 Å². The molecule has 8 heteroatoms. The van der Waals surface area contributed by atoms with Crippen molar-refractivity contribution in [2.24, 2.45) is 5.10 Å². The number of hydrazone groups is 1. The summed E-state index contributed by atoms with van der Waals surface area (Å²) in [6, 6.07) is 20.3. The number of rotatable bonds is 9. The molecule has 0 aliphatic heterocycles. The van der Waals surface area contributed by atoms with Crippen molar-refractivity contribution in [3.05, 3.63) is 99.6 Å². The maximum atomic E-state index is 13.7. The maximum absolute atomic E-state index is 13.7. The number of hydrogen-bond acceptors (Lipinski definition) is 4. The molecule has 6 nitrogen and oxygen atoms in total. The van der Waals surface area contributed by atoms with Gasteiger partial charge in [-0.15, -0.1) is 0 Å². The van der Waals surface area contributed by atoms with Crippen LogP contribution in [0.15, 0.2) is 76.7 Å². The number of amides is 1. The monoisotopic (exact) mass is 497 g/mol. The highest BCUT2D eigenvalue weighted by Crippen LogP contribution is 2.25. The second kappa shape index (κ2) is 11.4. The third-order valence-corrected chi connectivity index (χ3v) is 7.81. The van der Waals surface area contributed by atoms with E-state index in [1.54, 1.807) is 38.1 Å². The molecule has 0 radical (unpaired) electrons. The number of aryl methyl sites for hydroxylation is 3. The normalized spacial score (nSPS) is 11.8. The number of benzene rings is 3. The zero-order valence-corrected chi connectivity index (χ0v) is 21.0. The average molecular weight is 498 g/mol. The number of nitrogens with one attached hydrogen (secondary N) is 1. The number of sulfonamides is 1. The van der Waals surface area contributed by atoms with Gasteiger partial charge in [0.25, 0.3) is 5.91 Å². The molecule has 0 spiro atoms. The molecule has 0 aromatic heterocycles. The van der Waals surface area contributed by atoms with Crippen LogP contribution in [0.2, 0.25) is 5.02 Å². The molecule has 0 aliphatic rings. The fourth-order valence-electron chi connectivity index (χ4n) is 3.83. The minimum absolute atomic E-state index is 0.154. The number of carbonyl (C=O) groups is 1. The van der Waals surface area contributed by atoms with Crippen LogP contribution in [0.4, 0.5) is 0 Å². The standard InChI is InChI=1S/C26H28ClN3O3S/c1-19-15-20(2)26(21(3)16-19)34(32,33)30(14-13-22-9-5-4-6-10-22)18-25(31)29-28-17-23-11-7-8-12-24(23)27/h4-12,15-17H,13-14,18H2,1-3H3,(H,29,31)/b28-17+. The van der Waals surface area contributed by atoms with Crippen LogP contribution in [0.1, 0.15) is 27.8 Å². The molecular formula is C26H28ClN3O3S. The van der Waals surface area contributed by atoms with E-state index in [0.29, 0.717) is 28.1 Å². The van der Waals surface area contributed by atoms with E-state index in [2.05, 4.69) is 10.5 Å². The minimum Gasteiger partial charge on any atom is -0.272 e. The predicted octanol–water partition coefficient (Wildman–Crippen LogP) is 4.65. The molecule has 0 aliphatic carbocycles. The first kappa shape index (κ1) is 25.6. The topological polar surface area (TPSA) is 78.8 Å². The van der Waals surface area contributed by atoms with Crippen LogP contribution in [0.5, 0.6) is 0 Å². The summed E-state index contributed by atoms with van der Waals surface area (Å²) in [4.78, 5) is 12.9. The van der Waals surface area contributed by atoms with Crippen molar-refractivity contribution in [3.8, 4) is 0 Å². The molecule has 0 bridgehead atoms. The van der Waals surface area contributed by atoms with Gasteiger partial charge in [0.2, 0.25) is 10.0 Å². The van der Waals surface area contributed by atoms with Gasteiger partial charge in [0.1, 0.15) is 0 Å². The summed E-state index contributed by atoms with van der Waals surface area (Å²) in [5.41, 5.74) is 6.33. The van der Waals surface area contributed by atoms with Gasteiger partial charge in [0.15, 0.2) is 0 Å². The van der Waals surface area contributed by atoms with Crippen LogP contribution in [0, 0.1) is 20.8 Å². The summed E-state index contributed by atoms with van der Waals surface area (Å²) in [6.07, 6.45) is 1.90. The van der Waals surface area contributed by atoms with Crippen molar-refractivity contribution < 1.29 is 13.2 Å². The van der Waals surface area contributed by atoms with Gasteiger partial charge in [-0.2, -0.15) is 9.41 Å². The minimum atomic E-state index is -3.93. The Bertz CT molecular complexity index is 1270. The Hall–Kier alpha value is -3.00. The van der Waals surface area contributed by atoms with E-state index in [1.807, 2.05) is 49.4 Å². The number of halogens is 1. The van der Waals surface area contributed by atoms with Crippen LogP contribution < -0.4 is 5.43 Å². The van der Waals surface area contributed by atoms with Crippen LogP contribution in [0.3, 0.4) is 0 Å². The quantitative estimate of drug-likeness (QED) is 0.345. The molecule has 0 atom stereocenters. The van der Waals surface area contributed by atoms with Crippen molar-refractivity contribution in [2.45, 2.75) is 32.1 Å². The van der Waals surface area contributed by atoms with Gasteiger partial charge in [0, 0.05) is 17.1 Å². The number of hydrogen-bond donors (Lipinski definition) is 1. The predicted molar refractivity (Wildman–Crippen MR) is 137 cm³/mol. The summed E-state index contributed by atoms with van der Waals surface area (Å²) >= 11 is 6.10. The number of carbonyl (C=O) groups excluding carboxylic acids is 1. The van der Waals surface area contributed by atoms with E-state index in [1.165, 1.54) is 10.5 Å². The Morgan fingerprint density at radius 1 is 1.00 bits per heavy atom. The lowest BCUT2D eigenvalue weighted by Gasteiger charge is -2.24. The van der Waals surface area contributed by atoms with E-state index in [-0.39, 0.29) is 18.0 Å². The Labute approximate surface area is 206 Å². The summed E-state index contributed by atoms with van der Waals surface area (Å²) < 4.78 is 28.6. The maximum Gasteiger partial charge on any atom is 0.255 e. The van der Waals surface area contributed by atoms with Gasteiger partial charge in [-0.1, -0.05) is 77.8 Å². The van der Waals surface area contributed by atoms with Gasteiger partial charge in [0.05, 0.1) is 17.7 Å². The average Bonchev–Trinajstić information content (AvgIpc) is 2.77. The summed E-state index contributed by atoms with van der Waals surface area (Å²) in [5.74, 6) is -0.539. The van der Waals surface area contributed by atoms with Crippen LogP contribution >= 0.6 is 11.6 Å². The molecule has 1 N–H and O–H groups in total. The van der Waals surface area contributed by atoms with Crippen molar-refractivity contribution >= 4 is 33.7 Å². The highest BCUT2D eigenvalue weighted by molar-refractivity contribution is 7.89. The smallest absolute Gasteiger partial charge is 0.255 e. The van der Waals surface area contributed by atoms with E-state index in [4.69, 9.17) is 11.6 Å². The molecule has 0 unspecified atom stereocenters. The van der Waals surface area contributed by atoms with Gasteiger partial charge in [-0.3, -0.25) is 4.79 Å². The largest absolute Gasteiger partial charge is 0.272 e. The van der Waals surface area contributed by atoms with Gasteiger partial charge < -0.3 is 0 Å². The zero-order chi connectivity index (χ0) is 24.7. The van der Waals surface area contributed by atoms with E-state index in [0.717, 1.165) is 11.1 Å². The molecule has 0 fully saturated rings. The first-order valence-corrected chi connectivity index (χ1v) is 12.7. The van der Waals surface area contributed by atoms with Crippen LogP contribution in [0.25, 0.3) is 0 Å². The molecule has 3 aromatic rings. The molecule has 0 heterocycles. The fraction of sp³-hybridized carbons (Fsp3) is 0.231. The molecule has 0 saturated carbocycles. The summed E-state index contributed by atoms with van der Waals surface area (Å²) in [5, 5.41) is 4.44. The van der Waals surface area contributed by atoms with Crippen LogP contribution in [-0.2, 0) is 21.2 Å². The van der Waals surface area contributed by atoms with Crippen molar-refractivity contribution in [1.82, 2.24) is 9.73 Å².